The molecule has 0 atom stereocenters. The van der Waals surface area contributed by atoms with Gasteiger partial charge in [0, 0.05) is 31.7 Å². The number of hydrogen-bond donors (Lipinski definition) is 2. The van der Waals surface area contributed by atoms with E-state index in [1.807, 2.05) is 19.2 Å². The summed E-state index contributed by atoms with van der Waals surface area (Å²) in [4.78, 5) is 29.9. The van der Waals surface area contributed by atoms with Crippen molar-refractivity contribution in [1.29, 1.82) is 0 Å². The van der Waals surface area contributed by atoms with Crippen molar-refractivity contribution < 1.29 is 14.7 Å². The normalized spacial score (nSPS) is 14.9. The topological polar surface area (TPSA) is 82.5 Å². The molecule has 2 N–H and O–H groups in total. The Morgan fingerprint density at radius 1 is 1.15 bits per heavy atom. The third-order valence-corrected chi connectivity index (χ3v) is 4.75. The molecule has 0 aliphatic carbocycles. The Bertz CT molecular complexity index is 764. The van der Waals surface area contributed by atoms with Gasteiger partial charge in [-0.15, -0.1) is 0 Å². The van der Waals surface area contributed by atoms with Crippen molar-refractivity contribution in [3.8, 4) is 0 Å². The van der Waals surface area contributed by atoms with Crippen LogP contribution in [-0.4, -0.2) is 35.1 Å². The lowest BCUT2D eigenvalue weighted by Gasteiger charge is -2.32. The zero-order chi connectivity index (χ0) is 18.5. The number of carboxylic acids is 1. The number of nitrogens with zero attached hydrogens (tertiary/aromatic N) is 2. The molecule has 6 heteroatoms. The summed E-state index contributed by atoms with van der Waals surface area (Å²) in [6.45, 7) is 4.07. The Morgan fingerprint density at radius 3 is 2.42 bits per heavy atom. The van der Waals surface area contributed by atoms with Gasteiger partial charge in [0.1, 0.15) is 5.82 Å². The molecule has 26 heavy (non-hydrogen) atoms. The largest absolute Gasteiger partial charge is 0.478 e. The molecule has 1 aromatic heterocycles. The highest BCUT2D eigenvalue weighted by Gasteiger charge is 2.25. The molecule has 2 heterocycles. The number of amides is 1. The number of aromatic nitrogens is 1. The summed E-state index contributed by atoms with van der Waals surface area (Å²) in [5.74, 6) is 0.0854. The van der Waals surface area contributed by atoms with Gasteiger partial charge >= 0.3 is 5.97 Å². The van der Waals surface area contributed by atoms with Crippen LogP contribution in [0.25, 0.3) is 0 Å². The molecule has 3 rings (SSSR count). The summed E-state index contributed by atoms with van der Waals surface area (Å²) >= 11 is 0. The smallest absolute Gasteiger partial charge is 0.335 e. The molecular formula is C20H23N3O3. The van der Waals surface area contributed by atoms with Crippen LogP contribution in [-0.2, 0) is 11.3 Å². The summed E-state index contributed by atoms with van der Waals surface area (Å²) in [5.41, 5.74) is 2.28. The first kappa shape index (κ1) is 17.9. The average Bonchev–Trinajstić information content (AvgIpc) is 2.67. The van der Waals surface area contributed by atoms with E-state index in [-0.39, 0.29) is 17.4 Å². The lowest BCUT2D eigenvalue weighted by atomic mass is 9.95. The van der Waals surface area contributed by atoms with Crippen LogP contribution in [0, 0.1) is 12.8 Å². The van der Waals surface area contributed by atoms with Crippen molar-refractivity contribution in [3.05, 3.63) is 59.3 Å². The summed E-state index contributed by atoms with van der Waals surface area (Å²) in [5, 5.41) is 11.9. The van der Waals surface area contributed by atoms with Gasteiger partial charge in [-0.05, 0) is 49.1 Å². The molecule has 0 bridgehead atoms. The average molecular weight is 353 g/mol. The fourth-order valence-corrected chi connectivity index (χ4v) is 3.12. The van der Waals surface area contributed by atoms with Crippen LogP contribution in [0.15, 0.2) is 42.6 Å². The maximum atomic E-state index is 12.4. The van der Waals surface area contributed by atoms with E-state index < -0.39 is 5.97 Å². The number of anilines is 1. The van der Waals surface area contributed by atoms with E-state index in [9.17, 15) is 9.59 Å². The first-order chi connectivity index (χ1) is 12.5. The second kappa shape index (κ2) is 7.99. The lowest BCUT2D eigenvalue weighted by molar-refractivity contribution is -0.125. The second-order valence-corrected chi connectivity index (χ2v) is 6.67. The molecule has 1 aliphatic rings. The predicted octanol–water partition coefficient (Wildman–Crippen LogP) is 2.62. The number of piperidine rings is 1. The molecule has 2 aromatic rings. The van der Waals surface area contributed by atoms with Gasteiger partial charge in [0.05, 0.1) is 5.56 Å². The van der Waals surface area contributed by atoms with E-state index >= 15 is 0 Å². The molecule has 1 aromatic carbocycles. The van der Waals surface area contributed by atoms with Crippen molar-refractivity contribution in [2.24, 2.45) is 5.92 Å². The highest BCUT2D eigenvalue weighted by atomic mass is 16.4. The summed E-state index contributed by atoms with van der Waals surface area (Å²) in [6.07, 6.45) is 3.47. The number of aryl methyl sites for hydroxylation is 1. The lowest BCUT2D eigenvalue weighted by Crippen LogP contribution is -2.40. The van der Waals surface area contributed by atoms with Gasteiger partial charge in [-0.1, -0.05) is 18.2 Å². The van der Waals surface area contributed by atoms with Gasteiger partial charge < -0.3 is 15.3 Å². The molecular weight excluding hydrogens is 330 g/mol. The number of hydrogen-bond acceptors (Lipinski definition) is 4. The fourth-order valence-electron chi connectivity index (χ4n) is 3.12. The summed E-state index contributed by atoms with van der Waals surface area (Å²) in [6, 6.07) is 10.6. The first-order valence-corrected chi connectivity index (χ1v) is 8.80. The molecule has 0 saturated carbocycles. The van der Waals surface area contributed by atoms with Crippen LogP contribution in [0.1, 0.15) is 34.3 Å². The van der Waals surface area contributed by atoms with E-state index in [0.717, 1.165) is 42.9 Å². The zero-order valence-electron chi connectivity index (χ0n) is 14.8. The number of carboxylic acid groups (broad SMARTS) is 1. The van der Waals surface area contributed by atoms with E-state index in [2.05, 4.69) is 21.3 Å². The number of rotatable bonds is 5. The third kappa shape index (κ3) is 4.39. The van der Waals surface area contributed by atoms with Crippen LogP contribution in [0.4, 0.5) is 5.82 Å². The fraction of sp³-hybridized carbons (Fsp3) is 0.350. The summed E-state index contributed by atoms with van der Waals surface area (Å²) < 4.78 is 0. The number of carbonyl (C=O) groups excluding carboxylic acids is 1. The van der Waals surface area contributed by atoms with E-state index in [1.54, 1.807) is 24.3 Å². The number of carbonyl (C=O) groups is 2. The monoisotopic (exact) mass is 353 g/mol. The van der Waals surface area contributed by atoms with E-state index in [4.69, 9.17) is 5.11 Å². The molecule has 0 radical (unpaired) electrons. The van der Waals surface area contributed by atoms with Gasteiger partial charge in [0.2, 0.25) is 5.91 Å². The van der Waals surface area contributed by atoms with Crippen LogP contribution in [0.2, 0.25) is 0 Å². The van der Waals surface area contributed by atoms with Crippen LogP contribution in [0.3, 0.4) is 0 Å². The van der Waals surface area contributed by atoms with Crippen molar-refractivity contribution >= 4 is 17.7 Å². The van der Waals surface area contributed by atoms with Gasteiger partial charge in [0.15, 0.2) is 0 Å². The van der Waals surface area contributed by atoms with Crippen molar-refractivity contribution in [3.63, 3.8) is 0 Å². The quantitative estimate of drug-likeness (QED) is 0.863. The number of nitrogens with one attached hydrogen (secondary N) is 1. The first-order valence-electron chi connectivity index (χ1n) is 8.80. The number of aromatic carboxylic acids is 1. The van der Waals surface area contributed by atoms with Gasteiger partial charge in [-0.25, -0.2) is 9.78 Å². The molecule has 1 amide bonds. The van der Waals surface area contributed by atoms with Crippen molar-refractivity contribution in [2.45, 2.75) is 26.3 Å². The third-order valence-electron chi connectivity index (χ3n) is 4.75. The predicted molar refractivity (Wildman–Crippen MR) is 99.2 cm³/mol. The van der Waals surface area contributed by atoms with Crippen molar-refractivity contribution in [2.75, 3.05) is 18.0 Å². The van der Waals surface area contributed by atoms with Crippen LogP contribution < -0.4 is 10.2 Å². The second-order valence-electron chi connectivity index (χ2n) is 6.67. The van der Waals surface area contributed by atoms with Gasteiger partial charge in [-0.2, -0.15) is 0 Å². The van der Waals surface area contributed by atoms with Crippen LogP contribution in [0.5, 0.6) is 0 Å². The van der Waals surface area contributed by atoms with Gasteiger partial charge in [-0.3, -0.25) is 4.79 Å². The Hall–Kier alpha value is -2.89. The minimum atomic E-state index is -0.949. The molecule has 1 aliphatic heterocycles. The minimum absolute atomic E-state index is 0.00925. The molecule has 1 fully saturated rings. The Kier molecular flexibility index (Phi) is 5.51. The minimum Gasteiger partial charge on any atom is -0.478 e. The van der Waals surface area contributed by atoms with Crippen molar-refractivity contribution in [1.82, 2.24) is 10.3 Å². The molecule has 6 nitrogen and oxygen atoms in total. The standard InChI is InChI=1S/C20H23N3O3/c1-14-2-7-18(21-12-14)23-10-8-16(9-11-23)19(24)22-13-15-3-5-17(6-4-15)20(25)26/h2-7,12,16H,8-11,13H2,1H3,(H,22,24)(H,25,26). The Labute approximate surface area is 152 Å². The van der Waals surface area contributed by atoms with Crippen LogP contribution >= 0.6 is 0 Å². The Morgan fingerprint density at radius 2 is 1.85 bits per heavy atom. The Balaban J connectivity index is 1.47. The number of pyridine rings is 1. The number of benzene rings is 1. The maximum Gasteiger partial charge on any atom is 0.335 e. The molecule has 0 spiro atoms. The molecule has 136 valence electrons. The van der Waals surface area contributed by atoms with E-state index in [1.165, 1.54) is 0 Å². The molecule has 0 unspecified atom stereocenters. The SMILES string of the molecule is Cc1ccc(N2CCC(C(=O)NCc3ccc(C(=O)O)cc3)CC2)nc1. The van der Waals surface area contributed by atoms with E-state index in [0.29, 0.717) is 6.54 Å². The molecule has 1 saturated heterocycles. The zero-order valence-corrected chi connectivity index (χ0v) is 14.8. The van der Waals surface area contributed by atoms with Gasteiger partial charge in [0.25, 0.3) is 0 Å². The summed E-state index contributed by atoms with van der Waals surface area (Å²) in [7, 11) is 0. The highest BCUT2D eigenvalue weighted by molar-refractivity contribution is 5.87. The highest BCUT2D eigenvalue weighted by Crippen LogP contribution is 2.22. The maximum absolute atomic E-state index is 12.4.